The largest absolute Gasteiger partial charge is 1.00 e. The normalized spacial score (nSPS) is 14.3. The summed E-state index contributed by atoms with van der Waals surface area (Å²) in [7, 11) is -0.805. The van der Waals surface area contributed by atoms with Crippen LogP contribution < -0.4 is 39.0 Å². The summed E-state index contributed by atoms with van der Waals surface area (Å²) in [6.45, 7) is 4.02. The zero-order chi connectivity index (χ0) is 33.9. The molecule has 0 nitrogen and oxygen atoms in total. The Labute approximate surface area is 297 Å². The van der Waals surface area contributed by atoms with Gasteiger partial charge in [-0.2, -0.15) is 0 Å². The van der Waals surface area contributed by atoms with E-state index in [1.54, 1.807) is 30.4 Å². The Morgan fingerprint density at radius 3 is 1.57 bits per heavy atom. The van der Waals surface area contributed by atoms with Gasteiger partial charge < -0.3 is 24.8 Å². The molecule has 2 aliphatic carbocycles. The maximum Gasteiger partial charge on any atom is -1.00 e. The SMILES string of the molecule is CCP(CC)C1c2ccccc2-c2ccc[c]([Zr+2]([B](c3c(F)c(F)c(F)c(F)c3F)c3c(F)c(F)c(F)c(F)c3F)[C]3=CC=CC3)c21.[Cl-].[Cl-]. The first kappa shape index (κ1) is 39.4. The van der Waals surface area contributed by atoms with Crippen LogP contribution >= 0.6 is 7.92 Å². The van der Waals surface area contributed by atoms with Crippen LogP contribution in [0.5, 0.6) is 0 Å². The predicted molar refractivity (Wildman–Crippen MR) is 161 cm³/mol. The van der Waals surface area contributed by atoms with Crippen molar-refractivity contribution in [2.75, 3.05) is 12.3 Å². The molecule has 0 saturated carbocycles. The van der Waals surface area contributed by atoms with Crippen LogP contribution in [0.3, 0.4) is 0 Å². The average molecular weight is 825 g/mol. The fourth-order valence-corrected chi connectivity index (χ4v) is 18.3. The first-order valence-electron chi connectivity index (χ1n) is 14.7. The summed E-state index contributed by atoms with van der Waals surface area (Å²) in [6.07, 6.45) is 6.35. The summed E-state index contributed by atoms with van der Waals surface area (Å²) in [6, 6.07) is 12.6. The molecular weight excluding hydrogens is 802 g/mol. The summed E-state index contributed by atoms with van der Waals surface area (Å²) in [5.41, 5.74) is -0.265. The van der Waals surface area contributed by atoms with Crippen molar-refractivity contribution < 1.29 is 90.2 Å². The topological polar surface area (TPSA) is 0 Å². The molecule has 0 aliphatic heterocycles. The van der Waals surface area contributed by atoms with E-state index in [1.807, 2.05) is 44.2 Å². The van der Waals surface area contributed by atoms with Gasteiger partial charge in [0.05, 0.1) is 0 Å². The zero-order valence-corrected chi connectivity index (χ0v) is 30.4. The molecule has 0 bridgehead atoms. The Balaban J connectivity index is 0.00000270. The third-order valence-electron chi connectivity index (χ3n) is 8.86. The van der Waals surface area contributed by atoms with Gasteiger partial charge in [0.1, 0.15) is 0 Å². The van der Waals surface area contributed by atoms with E-state index in [0.717, 1.165) is 29.0 Å². The van der Waals surface area contributed by atoms with Crippen LogP contribution in [-0.2, 0) is 21.5 Å². The molecule has 2 aliphatic rings. The first-order chi connectivity index (χ1) is 22.5. The minimum atomic E-state index is -4.67. The Kier molecular flexibility index (Phi) is 12.4. The minimum absolute atomic E-state index is 0. The van der Waals surface area contributed by atoms with Crippen LogP contribution in [0.4, 0.5) is 43.9 Å². The van der Waals surface area contributed by atoms with Gasteiger partial charge in [-0.25, -0.2) is 0 Å². The Morgan fingerprint density at radius 1 is 0.633 bits per heavy atom. The standard InChI is InChI=1S/C17H18P.C12BF10.C5H5.2ClH.Zr/c1-3-18(4-2)17-15-11-7-5-9-13(15)14-10-6-8-12-16(14)17;14-3-1(4(15)8(19)11(22)7(3)18)13-2-5(16)9(20)12(23)10(21)6(2)17;1-2-4-5-3-1;;;/h5-11,17H,3-4H2,1-2H3;;1-3H,4H2;2*1H;/q;+1;;;;+1/p-2. The number of halogens is 12. The van der Waals surface area contributed by atoms with Crippen LogP contribution in [0, 0.1) is 58.2 Å². The van der Waals surface area contributed by atoms with Crippen molar-refractivity contribution in [3.05, 3.63) is 133 Å². The van der Waals surface area contributed by atoms with Crippen molar-refractivity contribution >= 4 is 26.4 Å². The molecule has 1 atom stereocenters. The molecule has 4 aromatic rings. The molecule has 0 aromatic heterocycles. The quantitative estimate of drug-likeness (QED) is 0.0845. The minimum Gasteiger partial charge on any atom is -1.00 e. The molecule has 0 saturated heterocycles. The second-order valence-corrected chi connectivity index (χ2v) is 20.4. The van der Waals surface area contributed by atoms with E-state index >= 15 is 17.6 Å². The Morgan fingerprint density at radius 2 is 1.10 bits per heavy atom. The number of fused-ring (bicyclic) bond motifs is 3. The molecule has 255 valence electrons. The van der Waals surface area contributed by atoms with Crippen LogP contribution in [0.15, 0.2) is 64.0 Å². The van der Waals surface area contributed by atoms with Gasteiger partial charge in [-0.05, 0) is 0 Å². The van der Waals surface area contributed by atoms with Crippen LogP contribution in [-0.4, -0.2) is 16.6 Å². The molecular formula is C34H23BCl2F10PZr. The maximum absolute atomic E-state index is 15.8. The summed E-state index contributed by atoms with van der Waals surface area (Å²) in [5.74, 6) is -24.2. The smallest absolute Gasteiger partial charge is 1.00 e. The monoisotopic (exact) mass is 823 g/mol. The fraction of sp³-hybridized carbons (Fsp3) is 0.176. The van der Waals surface area contributed by atoms with Crippen molar-refractivity contribution in [2.24, 2.45) is 0 Å². The van der Waals surface area contributed by atoms with Gasteiger partial charge in [-0.3, -0.25) is 0 Å². The van der Waals surface area contributed by atoms with E-state index in [2.05, 4.69) is 0 Å². The van der Waals surface area contributed by atoms with Gasteiger partial charge in [0.2, 0.25) is 0 Å². The summed E-state index contributed by atoms with van der Waals surface area (Å²) in [5, 5.41) is 0. The molecule has 4 aromatic carbocycles. The van der Waals surface area contributed by atoms with E-state index in [1.165, 1.54) is 0 Å². The second kappa shape index (κ2) is 15.5. The van der Waals surface area contributed by atoms with Crippen molar-refractivity contribution in [2.45, 2.75) is 25.9 Å². The van der Waals surface area contributed by atoms with Crippen molar-refractivity contribution in [1.82, 2.24) is 0 Å². The van der Waals surface area contributed by atoms with Gasteiger partial charge in [0.15, 0.2) is 0 Å². The number of allylic oxidation sites excluding steroid dienone is 4. The van der Waals surface area contributed by atoms with Crippen molar-refractivity contribution in [1.29, 1.82) is 0 Å². The Bertz CT molecular complexity index is 1880. The molecule has 0 heterocycles. The third kappa shape index (κ3) is 6.27. The van der Waals surface area contributed by atoms with E-state index in [9.17, 15) is 26.3 Å². The van der Waals surface area contributed by atoms with Gasteiger partial charge in [0.25, 0.3) is 0 Å². The average Bonchev–Trinajstić information content (AvgIpc) is 3.73. The molecule has 0 spiro atoms. The second-order valence-electron chi connectivity index (χ2n) is 11.1. The molecule has 49 heavy (non-hydrogen) atoms. The molecule has 0 amide bonds. The van der Waals surface area contributed by atoms with E-state index < -0.39 is 103 Å². The molecule has 1 unspecified atom stereocenters. The Hall–Kier alpha value is -2.38. The van der Waals surface area contributed by atoms with Gasteiger partial charge >= 0.3 is 274 Å². The third-order valence-corrected chi connectivity index (χ3v) is 19.7. The van der Waals surface area contributed by atoms with Crippen molar-refractivity contribution in [3.8, 4) is 11.1 Å². The molecule has 6 rings (SSSR count). The molecule has 0 radical (unpaired) electrons. The summed E-state index contributed by atoms with van der Waals surface area (Å²) in [4.78, 5) is 0. The number of hydrogen-bond donors (Lipinski definition) is 0. The predicted octanol–water partition coefficient (Wildman–Crippen LogP) is 2.57. The van der Waals surface area contributed by atoms with Gasteiger partial charge in [0, 0.05) is 0 Å². The van der Waals surface area contributed by atoms with E-state index in [-0.39, 0.29) is 36.9 Å². The first-order valence-corrected chi connectivity index (χ1v) is 20.3. The van der Waals surface area contributed by atoms with Gasteiger partial charge in [-0.15, -0.1) is 0 Å². The van der Waals surface area contributed by atoms with Crippen molar-refractivity contribution in [3.63, 3.8) is 0 Å². The molecule has 15 heteroatoms. The maximum atomic E-state index is 15.8. The van der Waals surface area contributed by atoms with Gasteiger partial charge in [-0.1, -0.05) is 0 Å². The number of benzene rings is 4. The summed E-state index contributed by atoms with van der Waals surface area (Å²) >= 11 is -4.67. The fourth-order valence-electron chi connectivity index (χ4n) is 6.78. The summed E-state index contributed by atoms with van der Waals surface area (Å²) < 4.78 is 150. The van der Waals surface area contributed by atoms with Crippen LogP contribution in [0.25, 0.3) is 11.1 Å². The van der Waals surface area contributed by atoms with Crippen LogP contribution in [0.1, 0.15) is 37.1 Å². The molecule has 0 fully saturated rings. The molecule has 0 N–H and O–H groups in total. The van der Waals surface area contributed by atoms with E-state index in [4.69, 9.17) is 0 Å². The number of hydrogen-bond acceptors (Lipinski definition) is 0. The number of rotatable bonds is 8. The van der Waals surface area contributed by atoms with Crippen LogP contribution in [0.2, 0.25) is 0 Å². The van der Waals surface area contributed by atoms with E-state index in [0.29, 0.717) is 12.1 Å². The zero-order valence-electron chi connectivity index (χ0n) is 25.5.